The highest BCUT2D eigenvalue weighted by Gasteiger charge is 2.07. The Morgan fingerprint density at radius 3 is 2.73 bits per heavy atom. The molecule has 0 fully saturated rings. The number of nitrogens with zero attached hydrogens (tertiary/aromatic N) is 1. The maximum absolute atomic E-state index is 6.03. The minimum Gasteiger partial charge on any atom is -0.398 e. The number of halogens is 1. The van der Waals surface area contributed by atoms with E-state index >= 15 is 0 Å². The summed E-state index contributed by atoms with van der Waals surface area (Å²) in [5.41, 5.74) is 9.52. The van der Waals surface area contributed by atoms with Crippen molar-refractivity contribution in [1.82, 2.24) is 4.98 Å². The van der Waals surface area contributed by atoms with Crippen LogP contribution in [0.1, 0.15) is 5.56 Å². The molecule has 0 aliphatic carbocycles. The molecular formula is C12H11ClN2. The van der Waals surface area contributed by atoms with Crippen LogP contribution in [0.15, 0.2) is 36.5 Å². The zero-order chi connectivity index (χ0) is 10.8. The van der Waals surface area contributed by atoms with Gasteiger partial charge in [-0.25, -0.2) is 4.98 Å². The largest absolute Gasteiger partial charge is 0.398 e. The van der Waals surface area contributed by atoms with Crippen LogP contribution in [0.5, 0.6) is 0 Å². The number of nitrogens with two attached hydrogens (primary N) is 1. The fourth-order valence-electron chi connectivity index (χ4n) is 1.54. The Balaban J connectivity index is 2.63. The Labute approximate surface area is 93.7 Å². The quantitative estimate of drug-likeness (QED) is 0.746. The number of nitrogen functional groups attached to an aromatic ring is 1. The van der Waals surface area contributed by atoms with Gasteiger partial charge < -0.3 is 5.73 Å². The van der Waals surface area contributed by atoms with Crippen LogP contribution in [-0.4, -0.2) is 4.98 Å². The summed E-state index contributed by atoms with van der Waals surface area (Å²) in [4.78, 5) is 4.03. The summed E-state index contributed by atoms with van der Waals surface area (Å²) in [6.45, 7) is 2.03. The Hall–Kier alpha value is -1.54. The lowest BCUT2D eigenvalue weighted by Gasteiger charge is -2.07. The predicted molar refractivity (Wildman–Crippen MR) is 63.8 cm³/mol. The Morgan fingerprint density at radius 1 is 1.27 bits per heavy atom. The van der Waals surface area contributed by atoms with Gasteiger partial charge in [0.15, 0.2) is 0 Å². The normalized spacial score (nSPS) is 10.3. The lowest BCUT2D eigenvalue weighted by Crippen LogP contribution is -1.92. The third-order valence-corrected chi connectivity index (χ3v) is 2.53. The maximum atomic E-state index is 6.03. The Morgan fingerprint density at radius 2 is 2.07 bits per heavy atom. The van der Waals surface area contributed by atoms with E-state index in [9.17, 15) is 0 Å². The number of benzene rings is 1. The molecule has 0 aliphatic heterocycles. The molecule has 0 saturated heterocycles. The first-order valence-electron chi connectivity index (χ1n) is 4.65. The molecule has 1 aromatic carbocycles. The van der Waals surface area contributed by atoms with E-state index in [4.69, 9.17) is 17.3 Å². The van der Waals surface area contributed by atoms with Crippen molar-refractivity contribution in [2.24, 2.45) is 0 Å². The van der Waals surface area contributed by atoms with Gasteiger partial charge in [-0.15, -0.1) is 0 Å². The highest BCUT2D eigenvalue weighted by Crippen LogP contribution is 2.31. The summed E-state index contributed by atoms with van der Waals surface area (Å²) in [5.74, 6) is 0. The summed E-state index contributed by atoms with van der Waals surface area (Å²) in [7, 11) is 0. The first-order valence-corrected chi connectivity index (χ1v) is 5.03. The molecule has 3 heteroatoms. The number of aryl methyl sites for hydroxylation is 1. The minimum atomic E-state index is 0.445. The second-order valence-electron chi connectivity index (χ2n) is 3.44. The number of pyridine rings is 1. The monoisotopic (exact) mass is 218 g/mol. The Bertz CT molecular complexity index is 474. The van der Waals surface area contributed by atoms with Crippen molar-refractivity contribution >= 4 is 17.3 Å². The second kappa shape index (κ2) is 3.91. The van der Waals surface area contributed by atoms with Gasteiger partial charge in [0.25, 0.3) is 0 Å². The topological polar surface area (TPSA) is 38.9 Å². The first kappa shape index (κ1) is 9.99. The summed E-state index contributed by atoms with van der Waals surface area (Å²) in [6.07, 6.45) is 1.61. The van der Waals surface area contributed by atoms with Gasteiger partial charge in [-0.05, 0) is 18.6 Å². The van der Waals surface area contributed by atoms with Crippen LogP contribution in [0, 0.1) is 6.92 Å². The third kappa shape index (κ3) is 1.95. The highest BCUT2D eigenvalue weighted by molar-refractivity contribution is 6.32. The van der Waals surface area contributed by atoms with Gasteiger partial charge in [-0.2, -0.15) is 0 Å². The van der Waals surface area contributed by atoms with Crippen molar-refractivity contribution in [3.05, 3.63) is 47.2 Å². The number of aromatic nitrogens is 1. The van der Waals surface area contributed by atoms with Crippen LogP contribution in [0.4, 0.5) is 5.69 Å². The van der Waals surface area contributed by atoms with E-state index in [1.165, 1.54) is 5.56 Å². The van der Waals surface area contributed by atoms with Gasteiger partial charge in [-0.3, -0.25) is 0 Å². The molecule has 15 heavy (non-hydrogen) atoms. The summed E-state index contributed by atoms with van der Waals surface area (Å²) in [5, 5.41) is 0.445. The van der Waals surface area contributed by atoms with Gasteiger partial charge >= 0.3 is 0 Å². The van der Waals surface area contributed by atoms with Crippen molar-refractivity contribution < 1.29 is 0 Å². The summed E-state index contributed by atoms with van der Waals surface area (Å²) in [6, 6.07) is 9.78. The highest BCUT2D eigenvalue weighted by atomic mass is 35.5. The smallest absolute Gasteiger partial charge is 0.138 e. The van der Waals surface area contributed by atoms with Gasteiger partial charge in [0, 0.05) is 17.4 Å². The van der Waals surface area contributed by atoms with E-state index < -0.39 is 0 Å². The number of rotatable bonds is 1. The third-order valence-electron chi connectivity index (χ3n) is 2.24. The molecule has 0 saturated carbocycles. The lowest BCUT2D eigenvalue weighted by atomic mass is 10.0. The van der Waals surface area contributed by atoms with Crippen LogP contribution in [0.25, 0.3) is 11.1 Å². The number of hydrogen-bond donors (Lipinski definition) is 1. The van der Waals surface area contributed by atoms with Gasteiger partial charge in [0.2, 0.25) is 0 Å². The first-order chi connectivity index (χ1) is 7.18. The maximum Gasteiger partial charge on any atom is 0.138 e. The van der Waals surface area contributed by atoms with Crippen molar-refractivity contribution in [1.29, 1.82) is 0 Å². The van der Waals surface area contributed by atoms with E-state index in [1.807, 2.05) is 31.2 Å². The van der Waals surface area contributed by atoms with Gasteiger partial charge in [-0.1, -0.05) is 41.4 Å². The fraction of sp³-hybridized carbons (Fsp3) is 0.0833. The van der Waals surface area contributed by atoms with Crippen molar-refractivity contribution in [2.45, 2.75) is 6.92 Å². The molecule has 1 heterocycles. The van der Waals surface area contributed by atoms with Crippen LogP contribution in [-0.2, 0) is 0 Å². The van der Waals surface area contributed by atoms with Crippen LogP contribution >= 0.6 is 11.6 Å². The second-order valence-corrected chi connectivity index (χ2v) is 3.79. The van der Waals surface area contributed by atoms with Gasteiger partial charge in [0.05, 0.1) is 0 Å². The molecule has 1 aromatic heterocycles. The molecule has 2 aromatic rings. The average Bonchev–Trinajstić information content (AvgIpc) is 2.17. The molecule has 0 radical (unpaired) electrons. The molecule has 0 unspecified atom stereocenters. The molecule has 76 valence electrons. The van der Waals surface area contributed by atoms with Crippen LogP contribution in [0.2, 0.25) is 5.15 Å². The summed E-state index contributed by atoms with van der Waals surface area (Å²) >= 11 is 6.03. The molecule has 2 rings (SSSR count). The average molecular weight is 219 g/mol. The SMILES string of the molecule is Cc1cccc(-c2c(N)ccnc2Cl)c1. The predicted octanol–water partition coefficient (Wildman–Crippen LogP) is 3.29. The van der Waals surface area contributed by atoms with E-state index in [0.717, 1.165) is 11.1 Å². The van der Waals surface area contributed by atoms with Crippen molar-refractivity contribution in [3.63, 3.8) is 0 Å². The standard InChI is InChI=1S/C12H11ClN2/c1-8-3-2-4-9(7-8)11-10(14)5-6-15-12(11)13/h2-7H,1H3,(H2,14,15). The van der Waals surface area contributed by atoms with Crippen LogP contribution in [0.3, 0.4) is 0 Å². The lowest BCUT2D eigenvalue weighted by molar-refractivity contribution is 1.33. The summed E-state index contributed by atoms with van der Waals surface area (Å²) < 4.78 is 0. The van der Waals surface area contributed by atoms with Gasteiger partial charge in [0.1, 0.15) is 5.15 Å². The molecule has 0 spiro atoms. The zero-order valence-electron chi connectivity index (χ0n) is 8.37. The molecule has 0 atom stereocenters. The minimum absolute atomic E-state index is 0.445. The molecule has 2 nitrogen and oxygen atoms in total. The van der Waals surface area contributed by atoms with E-state index in [1.54, 1.807) is 12.3 Å². The van der Waals surface area contributed by atoms with Crippen LogP contribution < -0.4 is 5.73 Å². The number of anilines is 1. The fourth-order valence-corrected chi connectivity index (χ4v) is 1.81. The molecule has 2 N–H and O–H groups in total. The van der Waals surface area contributed by atoms with Crippen molar-refractivity contribution in [3.8, 4) is 11.1 Å². The molecule has 0 bridgehead atoms. The molecule has 0 amide bonds. The van der Waals surface area contributed by atoms with E-state index in [-0.39, 0.29) is 0 Å². The molecular weight excluding hydrogens is 208 g/mol. The van der Waals surface area contributed by atoms with E-state index in [0.29, 0.717) is 10.8 Å². The molecule has 0 aliphatic rings. The zero-order valence-corrected chi connectivity index (χ0v) is 9.12. The van der Waals surface area contributed by atoms with Crippen molar-refractivity contribution in [2.75, 3.05) is 5.73 Å². The van der Waals surface area contributed by atoms with E-state index in [2.05, 4.69) is 4.98 Å². The number of hydrogen-bond acceptors (Lipinski definition) is 2. The Kier molecular flexibility index (Phi) is 2.60.